The molecule has 2 rings (SSSR count). The lowest BCUT2D eigenvalue weighted by Gasteiger charge is -2.15. The second-order valence-corrected chi connectivity index (χ2v) is 4.93. The lowest BCUT2D eigenvalue weighted by atomic mass is 10.4. The molecule has 0 radical (unpaired) electrons. The standard InChI is InChI=1S/C13H16N4O4/c1-8-5-10(18)14(3)12(20)16(8)7-17-9(2)6-11(19)15(4)13(17)21/h5-6H,7H2,1-4H3. The van der Waals surface area contributed by atoms with Crippen LogP contribution in [0.15, 0.2) is 31.3 Å². The molecule has 0 N–H and O–H groups in total. The molecule has 0 saturated heterocycles. The molecule has 0 fully saturated rings. The molecule has 0 unspecified atom stereocenters. The third-order valence-corrected chi connectivity index (χ3v) is 3.50. The summed E-state index contributed by atoms with van der Waals surface area (Å²) in [5, 5.41) is 0. The van der Waals surface area contributed by atoms with Crippen molar-refractivity contribution in [2.45, 2.75) is 20.5 Å². The molecular weight excluding hydrogens is 276 g/mol. The smallest absolute Gasteiger partial charge is 0.279 e. The van der Waals surface area contributed by atoms with E-state index in [2.05, 4.69) is 0 Å². The zero-order valence-corrected chi connectivity index (χ0v) is 12.3. The average Bonchev–Trinajstić information content (AvgIpc) is 2.42. The first kappa shape index (κ1) is 14.8. The first-order valence-corrected chi connectivity index (χ1v) is 6.29. The van der Waals surface area contributed by atoms with Crippen LogP contribution in [0.1, 0.15) is 11.4 Å². The molecule has 8 heteroatoms. The molecule has 112 valence electrons. The summed E-state index contributed by atoms with van der Waals surface area (Å²) in [6.07, 6.45) is 0. The average molecular weight is 292 g/mol. The second kappa shape index (κ2) is 5.04. The molecule has 0 saturated carbocycles. The van der Waals surface area contributed by atoms with Gasteiger partial charge in [0.2, 0.25) is 0 Å². The van der Waals surface area contributed by atoms with Crippen LogP contribution in [-0.4, -0.2) is 18.3 Å². The van der Waals surface area contributed by atoms with Crippen molar-refractivity contribution >= 4 is 0 Å². The zero-order chi connectivity index (χ0) is 15.9. The van der Waals surface area contributed by atoms with Gasteiger partial charge in [0, 0.05) is 37.6 Å². The minimum absolute atomic E-state index is 0.0580. The maximum atomic E-state index is 12.1. The fraction of sp³-hybridized carbons (Fsp3) is 0.385. The molecule has 0 aliphatic rings. The largest absolute Gasteiger partial charge is 0.332 e. The molecule has 21 heavy (non-hydrogen) atoms. The first-order chi connectivity index (χ1) is 9.73. The molecule has 2 aromatic heterocycles. The summed E-state index contributed by atoms with van der Waals surface area (Å²) >= 11 is 0. The highest BCUT2D eigenvalue weighted by Gasteiger charge is 2.10. The summed E-state index contributed by atoms with van der Waals surface area (Å²) in [6.45, 7) is 3.17. The Bertz CT molecular complexity index is 865. The van der Waals surface area contributed by atoms with E-state index in [4.69, 9.17) is 0 Å². The topological polar surface area (TPSA) is 88.0 Å². The van der Waals surface area contributed by atoms with Crippen molar-refractivity contribution in [3.05, 3.63) is 65.2 Å². The summed E-state index contributed by atoms with van der Waals surface area (Å²) in [6, 6.07) is 2.65. The highest BCUT2D eigenvalue weighted by molar-refractivity contribution is 5.03. The Morgan fingerprint density at radius 3 is 1.43 bits per heavy atom. The number of nitrogens with zero attached hydrogens (tertiary/aromatic N) is 4. The predicted octanol–water partition coefficient (Wildman–Crippen LogP) is -1.47. The molecular formula is C13H16N4O4. The van der Waals surface area contributed by atoms with Gasteiger partial charge in [-0.3, -0.25) is 27.9 Å². The molecule has 2 aromatic rings. The Labute approximate surface area is 119 Å². The maximum absolute atomic E-state index is 12.1. The van der Waals surface area contributed by atoms with Gasteiger partial charge in [0.15, 0.2) is 0 Å². The SMILES string of the molecule is Cc1cc(=O)n(C)c(=O)n1Cn1c(C)cc(=O)n(C)c1=O. The number of rotatable bonds is 2. The van der Waals surface area contributed by atoms with Crippen LogP contribution >= 0.6 is 0 Å². The van der Waals surface area contributed by atoms with Crippen molar-refractivity contribution in [3.63, 3.8) is 0 Å². The Morgan fingerprint density at radius 1 is 0.762 bits per heavy atom. The lowest BCUT2D eigenvalue weighted by molar-refractivity contribution is 0.489. The fourth-order valence-electron chi connectivity index (χ4n) is 2.04. The summed E-state index contributed by atoms with van der Waals surface area (Å²) < 4.78 is 4.55. The molecule has 0 aliphatic heterocycles. The van der Waals surface area contributed by atoms with Crippen LogP contribution < -0.4 is 22.5 Å². The van der Waals surface area contributed by atoms with Crippen LogP contribution in [0, 0.1) is 13.8 Å². The van der Waals surface area contributed by atoms with E-state index >= 15 is 0 Å². The van der Waals surface area contributed by atoms with Crippen molar-refractivity contribution in [2.24, 2.45) is 14.1 Å². The van der Waals surface area contributed by atoms with Crippen LogP contribution in [-0.2, 0) is 20.8 Å². The van der Waals surface area contributed by atoms with Gasteiger partial charge in [-0.15, -0.1) is 0 Å². The van der Waals surface area contributed by atoms with Gasteiger partial charge < -0.3 is 0 Å². The van der Waals surface area contributed by atoms with Crippen molar-refractivity contribution in [3.8, 4) is 0 Å². The van der Waals surface area contributed by atoms with Gasteiger partial charge in [0.25, 0.3) is 11.1 Å². The minimum Gasteiger partial charge on any atom is -0.279 e. The van der Waals surface area contributed by atoms with Crippen molar-refractivity contribution < 1.29 is 0 Å². The van der Waals surface area contributed by atoms with Crippen LogP contribution in [0.25, 0.3) is 0 Å². The van der Waals surface area contributed by atoms with E-state index in [0.717, 1.165) is 9.13 Å². The minimum atomic E-state index is -0.514. The van der Waals surface area contributed by atoms with E-state index in [1.807, 2.05) is 0 Å². The molecule has 0 aliphatic carbocycles. The maximum Gasteiger partial charge on any atom is 0.332 e. The normalized spacial score (nSPS) is 10.9. The zero-order valence-electron chi connectivity index (χ0n) is 12.3. The van der Waals surface area contributed by atoms with Gasteiger partial charge >= 0.3 is 11.4 Å². The van der Waals surface area contributed by atoms with Crippen molar-refractivity contribution in [1.29, 1.82) is 0 Å². The molecule has 0 amide bonds. The third kappa shape index (κ3) is 2.39. The fourth-order valence-corrected chi connectivity index (χ4v) is 2.04. The number of hydrogen-bond acceptors (Lipinski definition) is 4. The van der Waals surface area contributed by atoms with E-state index in [9.17, 15) is 19.2 Å². The number of aromatic nitrogens is 4. The van der Waals surface area contributed by atoms with E-state index in [-0.39, 0.29) is 6.67 Å². The predicted molar refractivity (Wildman–Crippen MR) is 76.8 cm³/mol. The van der Waals surface area contributed by atoms with Gasteiger partial charge in [0.05, 0.1) is 0 Å². The molecule has 0 aromatic carbocycles. The van der Waals surface area contributed by atoms with Gasteiger partial charge in [-0.05, 0) is 13.8 Å². The summed E-state index contributed by atoms with van der Waals surface area (Å²) in [5.74, 6) is 0. The van der Waals surface area contributed by atoms with Gasteiger partial charge in [-0.1, -0.05) is 0 Å². The third-order valence-electron chi connectivity index (χ3n) is 3.50. The van der Waals surface area contributed by atoms with Gasteiger partial charge in [0.1, 0.15) is 6.67 Å². The first-order valence-electron chi connectivity index (χ1n) is 6.29. The monoisotopic (exact) mass is 292 g/mol. The number of aryl methyl sites for hydroxylation is 2. The lowest BCUT2D eigenvalue weighted by Crippen LogP contribution is -2.44. The van der Waals surface area contributed by atoms with E-state index in [1.54, 1.807) is 13.8 Å². The molecule has 2 heterocycles. The molecule has 8 nitrogen and oxygen atoms in total. The Kier molecular flexibility index (Phi) is 3.54. The Hall–Kier alpha value is -2.64. The Balaban J connectivity index is 2.71. The van der Waals surface area contributed by atoms with Crippen LogP contribution in [0.3, 0.4) is 0 Å². The number of hydrogen-bond donors (Lipinski definition) is 0. The van der Waals surface area contributed by atoms with Crippen LogP contribution in [0.4, 0.5) is 0 Å². The van der Waals surface area contributed by atoms with Crippen LogP contribution in [0.2, 0.25) is 0 Å². The highest BCUT2D eigenvalue weighted by atomic mass is 16.2. The quantitative estimate of drug-likeness (QED) is 0.676. The summed E-state index contributed by atoms with van der Waals surface area (Å²) in [5.41, 5.74) is -0.941. The summed E-state index contributed by atoms with van der Waals surface area (Å²) in [4.78, 5) is 47.3. The van der Waals surface area contributed by atoms with E-state index < -0.39 is 22.5 Å². The van der Waals surface area contributed by atoms with Crippen molar-refractivity contribution in [1.82, 2.24) is 18.3 Å². The molecule has 0 bridgehead atoms. The second-order valence-electron chi connectivity index (χ2n) is 4.93. The van der Waals surface area contributed by atoms with Gasteiger partial charge in [-0.2, -0.15) is 0 Å². The summed E-state index contributed by atoms with van der Waals surface area (Å²) in [7, 11) is 2.74. The molecule has 0 spiro atoms. The molecule has 0 atom stereocenters. The van der Waals surface area contributed by atoms with E-state index in [0.29, 0.717) is 11.4 Å². The van der Waals surface area contributed by atoms with Crippen LogP contribution in [0.5, 0.6) is 0 Å². The Morgan fingerprint density at radius 2 is 1.10 bits per heavy atom. The van der Waals surface area contributed by atoms with E-state index in [1.165, 1.54) is 35.4 Å². The van der Waals surface area contributed by atoms with Crippen molar-refractivity contribution in [2.75, 3.05) is 0 Å². The van der Waals surface area contributed by atoms with Gasteiger partial charge in [-0.25, -0.2) is 9.59 Å². The highest BCUT2D eigenvalue weighted by Crippen LogP contribution is 1.94.